The maximum Gasteiger partial charge on any atom is 0.586 e. The number of halogens is 4. The SMILES string of the molecule is Nc1nc2c3c(ccc2c2nc(CCN4CCC(F)(F)C4)nn12)OC(F)(F)O3. The van der Waals surface area contributed by atoms with Gasteiger partial charge in [-0.1, -0.05) is 0 Å². The lowest BCUT2D eigenvalue weighted by Crippen LogP contribution is -2.27. The summed E-state index contributed by atoms with van der Waals surface area (Å²) in [5.74, 6) is -2.72. The molecular weight excluding hydrogens is 384 g/mol. The first-order valence-electron chi connectivity index (χ1n) is 8.55. The molecule has 2 aliphatic heterocycles. The molecule has 0 amide bonds. The third kappa shape index (κ3) is 2.75. The van der Waals surface area contributed by atoms with Gasteiger partial charge in [-0.3, -0.25) is 4.90 Å². The van der Waals surface area contributed by atoms with Gasteiger partial charge < -0.3 is 15.2 Å². The molecule has 0 spiro atoms. The molecule has 1 fully saturated rings. The van der Waals surface area contributed by atoms with Crippen molar-refractivity contribution in [3.63, 3.8) is 0 Å². The summed E-state index contributed by atoms with van der Waals surface area (Å²) in [6.45, 7) is 0.395. The van der Waals surface area contributed by atoms with Gasteiger partial charge in [-0.25, -0.2) is 18.7 Å². The first-order chi connectivity index (χ1) is 13.2. The molecule has 0 radical (unpaired) electrons. The van der Waals surface area contributed by atoms with Crippen LogP contribution in [-0.4, -0.2) is 56.3 Å². The Balaban J connectivity index is 1.50. The maximum atomic E-state index is 13.4. The molecule has 2 aliphatic rings. The number of fused-ring (bicyclic) bond motifs is 5. The summed E-state index contributed by atoms with van der Waals surface area (Å²) in [4.78, 5) is 10.1. The Hall–Kier alpha value is -2.89. The lowest BCUT2D eigenvalue weighted by Gasteiger charge is -2.13. The normalized spacial score (nSPS) is 20.4. The Morgan fingerprint density at radius 2 is 1.96 bits per heavy atom. The van der Waals surface area contributed by atoms with Crippen LogP contribution in [0.3, 0.4) is 0 Å². The summed E-state index contributed by atoms with van der Waals surface area (Å²) in [7, 11) is 0. The van der Waals surface area contributed by atoms with Crippen molar-refractivity contribution in [2.75, 3.05) is 25.4 Å². The zero-order chi connectivity index (χ0) is 19.7. The average molecular weight is 398 g/mol. The van der Waals surface area contributed by atoms with Crippen molar-refractivity contribution < 1.29 is 27.0 Å². The summed E-state index contributed by atoms with van der Waals surface area (Å²) in [5.41, 5.74) is 6.30. The van der Waals surface area contributed by atoms with E-state index in [1.165, 1.54) is 16.6 Å². The van der Waals surface area contributed by atoms with Gasteiger partial charge in [-0.05, 0) is 12.1 Å². The second-order valence-corrected chi connectivity index (χ2v) is 6.82. The first-order valence-corrected chi connectivity index (χ1v) is 8.55. The van der Waals surface area contributed by atoms with E-state index in [1.807, 2.05) is 0 Å². The van der Waals surface area contributed by atoms with Crippen molar-refractivity contribution in [1.29, 1.82) is 0 Å². The standard InChI is InChI=1S/C16H14F4N6O2/c17-15(18)4-6-25(7-15)5-3-10-22-13-8-1-2-9-12(28-16(19,20)27-9)11(8)23-14(21)26(13)24-10/h1-2H,3-7H2,(H2,21,23). The molecule has 8 nitrogen and oxygen atoms in total. The molecule has 148 valence electrons. The number of nitrogens with two attached hydrogens (primary N) is 1. The van der Waals surface area contributed by atoms with Gasteiger partial charge in [0, 0.05) is 31.3 Å². The molecule has 3 aromatic rings. The number of hydrogen-bond acceptors (Lipinski definition) is 7. The fraction of sp³-hybridized carbons (Fsp3) is 0.438. The number of ether oxygens (including phenoxy) is 2. The first kappa shape index (κ1) is 17.2. The predicted octanol–water partition coefficient (Wildman–Crippen LogP) is 2.06. The maximum absolute atomic E-state index is 13.4. The Kier molecular flexibility index (Phi) is 3.42. The topological polar surface area (TPSA) is 90.8 Å². The Morgan fingerprint density at radius 3 is 2.71 bits per heavy atom. The van der Waals surface area contributed by atoms with E-state index in [2.05, 4.69) is 24.5 Å². The largest absolute Gasteiger partial charge is 0.586 e. The van der Waals surface area contributed by atoms with Crippen molar-refractivity contribution in [2.45, 2.75) is 25.1 Å². The summed E-state index contributed by atoms with van der Waals surface area (Å²) in [6.07, 6.45) is -3.61. The van der Waals surface area contributed by atoms with Gasteiger partial charge in [0.15, 0.2) is 23.0 Å². The minimum atomic E-state index is -3.78. The Labute approximate surface area is 154 Å². The van der Waals surface area contributed by atoms with Crippen LogP contribution in [0.5, 0.6) is 11.5 Å². The van der Waals surface area contributed by atoms with Gasteiger partial charge in [-0.2, -0.15) is 4.52 Å². The fourth-order valence-electron chi connectivity index (χ4n) is 3.50. The molecule has 0 unspecified atom stereocenters. The highest BCUT2D eigenvalue weighted by Crippen LogP contribution is 2.45. The highest BCUT2D eigenvalue weighted by atomic mass is 19.3. The van der Waals surface area contributed by atoms with E-state index < -0.39 is 12.2 Å². The number of aromatic nitrogens is 4. The second-order valence-electron chi connectivity index (χ2n) is 6.82. The van der Waals surface area contributed by atoms with E-state index in [0.29, 0.717) is 36.4 Å². The number of nitrogens with zero attached hydrogens (tertiary/aromatic N) is 5. The van der Waals surface area contributed by atoms with E-state index in [4.69, 9.17) is 5.73 Å². The van der Waals surface area contributed by atoms with Crippen LogP contribution in [-0.2, 0) is 6.42 Å². The van der Waals surface area contributed by atoms with Crippen molar-refractivity contribution in [2.24, 2.45) is 0 Å². The van der Waals surface area contributed by atoms with Gasteiger partial charge in [0.25, 0.3) is 5.92 Å². The van der Waals surface area contributed by atoms with Crippen LogP contribution in [0.25, 0.3) is 16.6 Å². The van der Waals surface area contributed by atoms with Crippen LogP contribution in [0.2, 0.25) is 0 Å². The second kappa shape index (κ2) is 5.56. The van der Waals surface area contributed by atoms with Crippen LogP contribution in [0.4, 0.5) is 23.5 Å². The summed E-state index contributed by atoms with van der Waals surface area (Å²) in [5, 5.41) is 4.67. The highest BCUT2D eigenvalue weighted by molar-refractivity contribution is 5.97. The van der Waals surface area contributed by atoms with Crippen molar-refractivity contribution in [3.05, 3.63) is 18.0 Å². The van der Waals surface area contributed by atoms with E-state index in [0.717, 1.165) is 0 Å². The zero-order valence-electron chi connectivity index (χ0n) is 14.3. The fourth-order valence-corrected chi connectivity index (χ4v) is 3.50. The van der Waals surface area contributed by atoms with Gasteiger partial charge >= 0.3 is 6.29 Å². The van der Waals surface area contributed by atoms with Gasteiger partial charge in [0.05, 0.1) is 6.54 Å². The summed E-state index contributed by atoms with van der Waals surface area (Å²) in [6, 6.07) is 2.84. The molecule has 12 heteroatoms. The highest BCUT2D eigenvalue weighted by Gasteiger charge is 2.45. The molecule has 2 aromatic heterocycles. The van der Waals surface area contributed by atoms with Crippen molar-refractivity contribution >= 4 is 22.5 Å². The Bertz CT molecular complexity index is 1100. The summed E-state index contributed by atoms with van der Waals surface area (Å²) < 4.78 is 63.6. The number of hydrogen-bond donors (Lipinski definition) is 1. The van der Waals surface area contributed by atoms with Gasteiger partial charge in [0.2, 0.25) is 5.95 Å². The average Bonchev–Trinajstić information content (AvgIpc) is 3.27. The minimum absolute atomic E-state index is 0.0684. The minimum Gasteiger partial charge on any atom is -0.395 e. The monoisotopic (exact) mass is 398 g/mol. The third-order valence-corrected chi connectivity index (χ3v) is 4.78. The summed E-state index contributed by atoms with van der Waals surface area (Å²) >= 11 is 0. The quantitative estimate of drug-likeness (QED) is 0.676. The number of nitrogen functional groups attached to an aromatic ring is 1. The van der Waals surface area contributed by atoms with Crippen LogP contribution in [0.1, 0.15) is 12.2 Å². The number of likely N-dealkylation sites (tertiary alicyclic amines) is 1. The predicted molar refractivity (Wildman–Crippen MR) is 88.6 cm³/mol. The molecule has 5 rings (SSSR count). The molecule has 2 N–H and O–H groups in total. The molecule has 28 heavy (non-hydrogen) atoms. The molecule has 0 aliphatic carbocycles. The van der Waals surface area contributed by atoms with Gasteiger partial charge in [-0.15, -0.1) is 13.9 Å². The van der Waals surface area contributed by atoms with Crippen LogP contribution < -0.4 is 15.2 Å². The lowest BCUT2D eigenvalue weighted by molar-refractivity contribution is -0.286. The Morgan fingerprint density at radius 1 is 1.14 bits per heavy atom. The number of alkyl halides is 4. The molecule has 0 atom stereocenters. The van der Waals surface area contributed by atoms with Crippen LogP contribution in [0.15, 0.2) is 12.1 Å². The molecule has 0 bridgehead atoms. The molecular formula is C16H14F4N6O2. The molecule has 4 heterocycles. The lowest BCUT2D eigenvalue weighted by atomic mass is 10.2. The van der Waals surface area contributed by atoms with Crippen LogP contribution in [0, 0.1) is 0 Å². The van der Waals surface area contributed by atoms with E-state index >= 15 is 0 Å². The zero-order valence-corrected chi connectivity index (χ0v) is 14.3. The van der Waals surface area contributed by atoms with Crippen molar-refractivity contribution in [1.82, 2.24) is 24.5 Å². The van der Waals surface area contributed by atoms with Crippen LogP contribution >= 0.6 is 0 Å². The molecule has 1 aromatic carbocycles. The van der Waals surface area contributed by atoms with E-state index in [9.17, 15) is 17.6 Å². The van der Waals surface area contributed by atoms with E-state index in [-0.39, 0.29) is 35.9 Å². The molecule has 1 saturated heterocycles. The number of anilines is 1. The van der Waals surface area contributed by atoms with E-state index in [1.54, 1.807) is 4.90 Å². The van der Waals surface area contributed by atoms with Gasteiger partial charge in [0.1, 0.15) is 5.52 Å². The molecule has 0 saturated carbocycles. The van der Waals surface area contributed by atoms with Crippen molar-refractivity contribution in [3.8, 4) is 11.5 Å². The number of benzene rings is 1. The number of rotatable bonds is 3. The third-order valence-electron chi connectivity index (χ3n) is 4.78. The smallest absolute Gasteiger partial charge is 0.395 e.